The number of hydrogen-bond acceptors (Lipinski definition) is 4. The molecule has 158 valence electrons. The molecule has 1 heterocycles. The van der Waals surface area contributed by atoms with Gasteiger partial charge in [0.05, 0.1) is 0 Å². The number of carbonyl (C=O) groups excluding carboxylic acids is 2. The highest BCUT2D eigenvalue weighted by Gasteiger charge is 2.23. The lowest BCUT2D eigenvalue weighted by Gasteiger charge is -2.29. The van der Waals surface area contributed by atoms with Gasteiger partial charge in [-0.3, -0.25) is 4.79 Å². The zero-order valence-corrected chi connectivity index (χ0v) is 18.2. The predicted octanol–water partition coefficient (Wildman–Crippen LogP) is 3.91. The van der Waals surface area contributed by atoms with Crippen LogP contribution in [0.3, 0.4) is 0 Å². The van der Waals surface area contributed by atoms with E-state index in [1.165, 1.54) is 6.42 Å². The third kappa shape index (κ3) is 6.22. The van der Waals surface area contributed by atoms with Crippen LogP contribution in [-0.2, 0) is 20.9 Å². The minimum atomic E-state index is -0.770. The van der Waals surface area contributed by atoms with Gasteiger partial charge in [0.25, 0.3) is 5.91 Å². The first-order chi connectivity index (χ1) is 13.7. The van der Waals surface area contributed by atoms with Crippen molar-refractivity contribution in [1.29, 1.82) is 5.26 Å². The van der Waals surface area contributed by atoms with Crippen LogP contribution in [0.15, 0.2) is 11.6 Å². The van der Waals surface area contributed by atoms with Gasteiger partial charge in [0.15, 0.2) is 6.61 Å². The quantitative estimate of drug-likeness (QED) is 0.428. The summed E-state index contributed by atoms with van der Waals surface area (Å²) < 4.78 is 7.27. The molecule has 1 aromatic heterocycles. The Balaban J connectivity index is 2.00. The topological polar surface area (TPSA) is 84.1 Å². The summed E-state index contributed by atoms with van der Waals surface area (Å²) >= 11 is 0. The molecule has 1 N–H and O–H groups in total. The van der Waals surface area contributed by atoms with E-state index in [2.05, 4.69) is 30.7 Å². The summed E-state index contributed by atoms with van der Waals surface area (Å²) in [6.45, 7) is 10.9. The number of ether oxygens (including phenoxy) is 1. The summed E-state index contributed by atoms with van der Waals surface area (Å²) in [6, 6.07) is 3.99. The lowest BCUT2D eigenvalue weighted by atomic mass is 9.86. The van der Waals surface area contributed by atoms with Crippen LogP contribution in [0.1, 0.15) is 63.4 Å². The van der Waals surface area contributed by atoms with Gasteiger partial charge in [-0.05, 0) is 56.2 Å². The predicted molar refractivity (Wildman–Crippen MR) is 113 cm³/mol. The number of nitriles is 1. The number of carbonyl (C=O) groups is 2. The third-order valence-corrected chi connectivity index (χ3v) is 5.59. The first-order valence-corrected chi connectivity index (χ1v) is 10.5. The second-order valence-electron chi connectivity index (χ2n) is 8.51. The Kier molecular flexibility index (Phi) is 8.07. The normalized spacial score (nSPS) is 19.7. The average molecular weight is 400 g/mol. The van der Waals surface area contributed by atoms with E-state index in [9.17, 15) is 14.9 Å². The van der Waals surface area contributed by atoms with Gasteiger partial charge in [0.1, 0.15) is 11.6 Å². The van der Waals surface area contributed by atoms with Crippen molar-refractivity contribution in [3.8, 4) is 6.07 Å². The zero-order valence-electron chi connectivity index (χ0n) is 18.2. The number of hydrogen-bond donors (Lipinski definition) is 1. The van der Waals surface area contributed by atoms with Crippen molar-refractivity contribution < 1.29 is 14.3 Å². The molecule has 1 aliphatic carbocycles. The van der Waals surface area contributed by atoms with Crippen LogP contribution >= 0.6 is 0 Å². The van der Waals surface area contributed by atoms with E-state index in [0.717, 1.165) is 42.8 Å². The number of esters is 1. The molecule has 29 heavy (non-hydrogen) atoms. The lowest BCUT2D eigenvalue weighted by Crippen LogP contribution is -2.42. The standard InChI is InChI=1S/C23H33N3O3/c1-15(2)13-26-17(4)10-19(18(26)5)11-20(12-24)23(28)29-14-22(27)25-21-9-7-6-8-16(21)3/h10-11,15-16,21H,6-9,13-14H2,1-5H3,(H,25,27)/b20-11+/t16-,21-/m1/s1. The van der Waals surface area contributed by atoms with Crippen molar-refractivity contribution >= 4 is 18.0 Å². The summed E-state index contributed by atoms with van der Waals surface area (Å²) in [4.78, 5) is 24.5. The number of amides is 1. The van der Waals surface area contributed by atoms with E-state index in [1.807, 2.05) is 26.0 Å². The van der Waals surface area contributed by atoms with E-state index in [-0.39, 0.29) is 24.1 Å². The fourth-order valence-electron chi connectivity index (χ4n) is 3.90. The van der Waals surface area contributed by atoms with E-state index >= 15 is 0 Å². The number of aryl methyl sites for hydroxylation is 1. The average Bonchev–Trinajstić information content (AvgIpc) is 2.93. The summed E-state index contributed by atoms with van der Waals surface area (Å²) in [5.41, 5.74) is 2.79. The van der Waals surface area contributed by atoms with Gasteiger partial charge in [-0.25, -0.2) is 4.79 Å². The molecule has 2 rings (SSSR count). The molecule has 1 fully saturated rings. The van der Waals surface area contributed by atoms with Gasteiger partial charge in [-0.1, -0.05) is 33.6 Å². The van der Waals surface area contributed by atoms with E-state index in [4.69, 9.17) is 4.74 Å². The summed E-state index contributed by atoms with van der Waals surface area (Å²) in [6.07, 6.45) is 5.89. The summed E-state index contributed by atoms with van der Waals surface area (Å²) in [5.74, 6) is -0.168. The Morgan fingerprint density at radius 1 is 1.34 bits per heavy atom. The Morgan fingerprint density at radius 2 is 2.03 bits per heavy atom. The molecule has 1 aliphatic rings. The summed E-state index contributed by atoms with van der Waals surface area (Å²) in [7, 11) is 0. The number of nitrogens with one attached hydrogen (secondary N) is 1. The van der Waals surface area contributed by atoms with Gasteiger partial charge in [0.2, 0.25) is 0 Å². The Hall–Kier alpha value is -2.55. The van der Waals surface area contributed by atoms with Crippen molar-refractivity contribution in [2.24, 2.45) is 11.8 Å². The maximum atomic E-state index is 12.3. The number of nitrogens with zero attached hydrogens (tertiary/aromatic N) is 2. The molecule has 0 saturated heterocycles. The molecule has 0 aliphatic heterocycles. The lowest BCUT2D eigenvalue weighted by molar-refractivity contribution is -0.144. The van der Waals surface area contributed by atoms with Crippen LogP contribution in [0.5, 0.6) is 0 Å². The van der Waals surface area contributed by atoms with Gasteiger partial charge in [0, 0.05) is 24.0 Å². The molecule has 1 saturated carbocycles. The van der Waals surface area contributed by atoms with Crippen LogP contribution in [0, 0.1) is 37.0 Å². The minimum absolute atomic E-state index is 0.103. The maximum Gasteiger partial charge on any atom is 0.349 e. The van der Waals surface area contributed by atoms with E-state index in [0.29, 0.717) is 11.8 Å². The van der Waals surface area contributed by atoms with Crippen molar-refractivity contribution in [3.63, 3.8) is 0 Å². The highest BCUT2D eigenvalue weighted by molar-refractivity contribution is 5.99. The van der Waals surface area contributed by atoms with Crippen molar-refractivity contribution in [2.75, 3.05) is 6.61 Å². The molecular weight excluding hydrogens is 366 g/mol. The molecule has 2 atom stereocenters. The molecular formula is C23H33N3O3. The second-order valence-corrected chi connectivity index (χ2v) is 8.51. The van der Waals surface area contributed by atoms with Gasteiger partial charge in [-0.2, -0.15) is 5.26 Å². The molecule has 0 bridgehead atoms. The molecule has 6 nitrogen and oxygen atoms in total. The Morgan fingerprint density at radius 3 is 2.66 bits per heavy atom. The highest BCUT2D eigenvalue weighted by Crippen LogP contribution is 2.23. The van der Waals surface area contributed by atoms with Crippen molar-refractivity contribution in [3.05, 3.63) is 28.6 Å². The maximum absolute atomic E-state index is 12.3. The third-order valence-electron chi connectivity index (χ3n) is 5.59. The smallest absolute Gasteiger partial charge is 0.349 e. The van der Waals surface area contributed by atoms with E-state index in [1.54, 1.807) is 6.08 Å². The largest absolute Gasteiger partial charge is 0.451 e. The monoisotopic (exact) mass is 399 g/mol. The molecule has 0 spiro atoms. The molecule has 6 heteroatoms. The number of aromatic nitrogens is 1. The zero-order chi connectivity index (χ0) is 21.6. The number of rotatable bonds is 7. The minimum Gasteiger partial charge on any atom is -0.451 e. The SMILES string of the molecule is Cc1cc(/C=C(\C#N)C(=O)OCC(=O)N[C@@H]2CCCC[C@H]2C)c(C)n1CC(C)C. The van der Waals surface area contributed by atoms with E-state index < -0.39 is 5.97 Å². The van der Waals surface area contributed by atoms with Gasteiger partial charge >= 0.3 is 5.97 Å². The molecule has 0 unspecified atom stereocenters. The highest BCUT2D eigenvalue weighted by atomic mass is 16.5. The summed E-state index contributed by atoms with van der Waals surface area (Å²) in [5, 5.41) is 12.4. The van der Waals surface area contributed by atoms with Crippen LogP contribution < -0.4 is 5.32 Å². The van der Waals surface area contributed by atoms with Crippen molar-refractivity contribution in [1.82, 2.24) is 9.88 Å². The molecule has 1 aromatic rings. The molecule has 0 radical (unpaired) electrons. The van der Waals surface area contributed by atoms with Gasteiger partial charge < -0.3 is 14.6 Å². The van der Waals surface area contributed by atoms with Crippen LogP contribution in [0.25, 0.3) is 6.08 Å². The molecule has 1 amide bonds. The Labute approximate surface area is 173 Å². The first kappa shape index (κ1) is 22.7. The fraction of sp³-hybridized carbons (Fsp3) is 0.609. The van der Waals surface area contributed by atoms with Crippen molar-refractivity contribution in [2.45, 2.75) is 72.9 Å². The second kappa shape index (κ2) is 10.3. The fourth-order valence-corrected chi connectivity index (χ4v) is 3.90. The van der Waals surface area contributed by atoms with Crippen LogP contribution in [0.4, 0.5) is 0 Å². The first-order valence-electron chi connectivity index (χ1n) is 10.5. The van der Waals surface area contributed by atoms with Gasteiger partial charge in [-0.15, -0.1) is 0 Å². The Bertz CT molecular complexity index is 814. The molecule has 0 aromatic carbocycles. The van der Waals surface area contributed by atoms with Crippen LogP contribution in [-0.4, -0.2) is 29.1 Å². The van der Waals surface area contributed by atoms with Crippen LogP contribution in [0.2, 0.25) is 0 Å².